The Hall–Kier alpha value is -2.24. The van der Waals surface area contributed by atoms with Crippen LogP contribution in [0.3, 0.4) is 0 Å². The van der Waals surface area contributed by atoms with Crippen LogP contribution >= 0.6 is 0 Å². The van der Waals surface area contributed by atoms with Crippen molar-refractivity contribution in [1.29, 1.82) is 0 Å². The molecule has 0 N–H and O–H groups in total. The number of hydrogen-bond donors (Lipinski definition) is 0. The van der Waals surface area contributed by atoms with Gasteiger partial charge >= 0.3 is 0 Å². The van der Waals surface area contributed by atoms with Gasteiger partial charge < -0.3 is 19.3 Å². The van der Waals surface area contributed by atoms with Crippen LogP contribution in [-0.2, 0) is 9.59 Å². The minimum absolute atomic E-state index is 0.0357. The fourth-order valence-electron chi connectivity index (χ4n) is 3.77. The predicted octanol–water partition coefficient (Wildman–Crippen LogP) is 2.46. The molecule has 2 fully saturated rings. The van der Waals surface area contributed by atoms with E-state index < -0.39 is 0 Å². The zero-order chi connectivity index (χ0) is 18.0. The number of amides is 2. The quantitative estimate of drug-likeness (QED) is 0.840. The number of carbonyl (C=O) groups excluding carboxylic acids is 2. The van der Waals surface area contributed by atoms with Crippen LogP contribution in [0.1, 0.15) is 32.6 Å². The number of benzene rings is 1. The number of nitrogens with zero attached hydrogens (tertiary/aromatic N) is 2. The largest absolute Gasteiger partial charge is 0.497 e. The first kappa shape index (κ1) is 17.6. The van der Waals surface area contributed by atoms with Gasteiger partial charge in [0.25, 0.3) is 0 Å². The normalized spacial score (nSPS) is 23.7. The second-order valence-corrected chi connectivity index (χ2v) is 6.82. The summed E-state index contributed by atoms with van der Waals surface area (Å²) >= 11 is 0. The monoisotopic (exact) mass is 346 g/mol. The first-order chi connectivity index (χ1) is 12.0. The van der Waals surface area contributed by atoms with Crippen LogP contribution in [0, 0.1) is 5.92 Å². The molecule has 2 atom stereocenters. The molecule has 2 aliphatic heterocycles. The number of likely N-dealkylation sites (tertiary alicyclic amines) is 1. The molecule has 136 valence electrons. The molecule has 0 bridgehead atoms. The van der Waals surface area contributed by atoms with Gasteiger partial charge in [0.05, 0.1) is 25.8 Å². The van der Waals surface area contributed by atoms with Gasteiger partial charge in [0.1, 0.15) is 11.5 Å². The second kappa shape index (κ2) is 7.33. The van der Waals surface area contributed by atoms with E-state index in [4.69, 9.17) is 9.47 Å². The highest BCUT2D eigenvalue weighted by Crippen LogP contribution is 2.36. The molecule has 1 aromatic rings. The van der Waals surface area contributed by atoms with Crippen molar-refractivity contribution < 1.29 is 19.1 Å². The van der Waals surface area contributed by atoms with Crippen molar-refractivity contribution in [1.82, 2.24) is 4.90 Å². The summed E-state index contributed by atoms with van der Waals surface area (Å²) in [7, 11) is 3.15. The molecule has 2 heterocycles. The van der Waals surface area contributed by atoms with Crippen LogP contribution in [0.2, 0.25) is 0 Å². The smallest absolute Gasteiger partial charge is 0.228 e. The third-order valence-electron chi connectivity index (χ3n) is 5.24. The van der Waals surface area contributed by atoms with Gasteiger partial charge in [0, 0.05) is 31.6 Å². The first-order valence-electron chi connectivity index (χ1n) is 8.88. The van der Waals surface area contributed by atoms with Crippen molar-refractivity contribution in [3.63, 3.8) is 0 Å². The van der Waals surface area contributed by atoms with Gasteiger partial charge in [-0.2, -0.15) is 0 Å². The third kappa shape index (κ3) is 3.43. The van der Waals surface area contributed by atoms with Crippen LogP contribution in [0.5, 0.6) is 11.5 Å². The van der Waals surface area contributed by atoms with Crippen LogP contribution in [0.4, 0.5) is 5.69 Å². The fraction of sp³-hybridized carbons (Fsp3) is 0.579. The maximum absolute atomic E-state index is 12.9. The number of ether oxygens (including phenoxy) is 2. The Morgan fingerprint density at radius 2 is 2.00 bits per heavy atom. The Morgan fingerprint density at radius 1 is 1.20 bits per heavy atom. The number of methoxy groups -OCH3 is 2. The van der Waals surface area contributed by atoms with Crippen LogP contribution in [0.15, 0.2) is 18.2 Å². The van der Waals surface area contributed by atoms with Gasteiger partial charge in [0.15, 0.2) is 0 Å². The van der Waals surface area contributed by atoms with E-state index in [1.807, 2.05) is 11.0 Å². The lowest BCUT2D eigenvalue weighted by Gasteiger charge is -2.35. The summed E-state index contributed by atoms with van der Waals surface area (Å²) in [6.45, 7) is 3.30. The van der Waals surface area contributed by atoms with Crippen LogP contribution in [0.25, 0.3) is 0 Å². The van der Waals surface area contributed by atoms with E-state index in [0.29, 0.717) is 23.7 Å². The lowest BCUT2D eigenvalue weighted by atomic mass is 9.99. The van der Waals surface area contributed by atoms with E-state index in [1.165, 1.54) is 6.42 Å². The molecule has 1 aromatic carbocycles. The molecule has 2 saturated heterocycles. The number of carbonyl (C=O) groups is 2. The van der Waals surface area contributed by atoms with Gasteiger partial charge in [-0.1, -0.05) is 0 Å². The lowest BCUT2D eigenvalue weighted by Crippen LogP contribution is -2.45. The van der Waals surface area contributed by atoms with E-state index in [0.717, 1.165) is 19.4 Å². The molecule has 0 unspecified atom stereocenters. The minimum atomic E-state index is -0.278. The van der Waals surface area contributed by atoms with Crippen LogP contribution in [-0.4, -0.2) is 50.1 Å². The van der Waals surface area contributed by atoms with Gasteiger partial charge in [-0.25, -0.2) is 0 Å². The summed E-state index contributed by atoms with van der Waals surface area (Å²) in [5.74, 6) is 1.04. The molecule has 0 aliphatic carbocycles. The molecule has 0 spiro atoms. The Morgan fingerprint density at radius 3 is 2.68 bits per heavy atom. The Bertz CT molecular complexity index is 661. The Kier molecular flexibility index (Phi) is 5.16. The highest BCUT2D eigenvalue weighted by Gasteiger charge is 2.39. The molecule has 0 saturated carbocycles. The molecule has 2 aliphatic rings. The maximum Gasteiger partial charge on any atom is 0.228 e. The minimum Gasteiger partial charge on any atom is -0.497 e. The predicted molar refractivity (Wildman–Crippen MR) is 95.0 cm³/mol. The molecule has 25 heavy (non-hydrogen) atoms. The van der Waals surface area contributed by atoms with Gasteiger partial charge in [-0.15, -0.1) is 0 Å². The third-order valence-corrected chi connectivity index (χ3v) is 5.24. The Balaban J connectivity index is 1.77. The summed E-state index contributed by atoms with van der Waals surface area (Å²) in [6, 6.07) is 5.63. The second-order valence-electron chi connectivity index (χ2n) is 6.82. The van der Waals surface area contributed by atoms with Gasteiger partial charge in [0.2, 0.25) is 11.8 Å². The van der Waals surface area contributed by atoms with Crippen molar-refractivity contribution in [2.24, 2.45) is 5.92 Å². The first-order valence-corrected chi connectivity index (χ1v) is 8.88. The van der Waals surface area contributed by atoms with Crippen molar-refractivity contribution in [2.75, 3.05) is 32.2 Å². The standard InChI is InChI=1S/C19H26N2O4/c1-13-6-4-5-9-20(13)19(23)14-10-18(22)21(12-14)16-8-7-15(24-2)11-17(16)25-3/h7-8,11,13-14H,4-6,9-10,12H2,1-3H3/t13-,14-/m0/s1. The molecular weight excluding hydrogens is 320 g/mol. The molecular formula is C19H26N2O4. The average Bonchev–Trinajstić information content (AvgIpc) is 3.02. The van der Waals surface area contributed by atoms with Crippen molar-refractivity contribution in [3.8, 4) is 11.5 Å². The molecule has 0 radical (unpaired) electrons. The zero-order valence-electron chi connectivity index (χ0n) is 15.2. The summed E-state index contributed by atoms with van der Waals surface area (Å²) in [5, 5.41) is 0. The van der Waals surface area contributed by atoms with E-state index in [1.54, 1.807) is 31.3 Å². The summed E-state index contributed by atoms with van der Waals surface area (Å²) in [6.07, 6.45) is 3.52. The summed E-state index contributed by atoms with van der Waals surface area (Å²) in [4.78, 5) is 29.0. The van der Waals surface area contributed by atoms with Gasteiger partial charge in [-0.05, 0) is 38.3 Å². The topological polar surface area (TPSA) is 59.1 Å². The maximum atomic E-state index is 12.9. The number of rotatable bonds is 4. The van der Waals surface area contributed by atoms with Crippen molar-refractivity contribution in [2.45, 2.75) is 38.6 Å². The van der Waals surface area contributed by atoms with Gasteiger partial charge in [-0.3, -0.25) is 9.59 Å². The molecule has 6 heteroatoms. The fourth-order valence-corrected chi connectivity index (χ4v) is 3.77. The average molecular weight is 346 g/mol. The van der Waals surface area contributed by atoms with E-state index >= 15 is 0 Å². The highest BCUT2D eigenvalue weighted by atomic mass is 16.5. The zero-order valence-corrected chi connectivity index (χ0v) is 15.2. The number of anilines is 1. The molecule has 6 nitrogen and oxygen atoms in total. The number of hydrogen-bond acceptors (Lipinski definition) is 4. The molecule has 3 rings (SSSR count). The highest BCUT2D eigenvalue weighted by molar-refractivity contribution is 6.01. The van der Waals surface area contributed by atoms with E-state index in [-0.39, 0.29) is 30.2 Å². The number of piperidine rings is 1. The lowest BCUT2D eigenvalue weighted by molar-refractivity contribution is -0.139. The van der Waals surface area contributed by atoms with Crippen LogP contribution < -0.4 is 14.4 Å². The molecule has 2 amide bonds. The van der Waals surface area contributed by atoms with E-state index in [2.05, 4.69) is 6.92 Å². The van der Waals surface area contributed by atoms with Crippen molar-refractivity contribution >= 4 is 17.5 Å². The molecule has 0 aromatic heterocycles. The van der Waals surface area contributed by atoms with Crippen molar-refractivity contribution in [3.05, 3.63) is 18.2 Å². The van der Waals surface area contributed by atoms with E-state index in [9.17, 15) is 9.59 Å². The summed E-state index contributed by atoms with van der Waals surface area (Å²) < 4.78 is 10.6. The Labute approximate surface area is 148 Å². The summed E-state index contributed by atoms with van der Waals surface area (Å²) in [5.41, 5.74) is 0.690. The SMILES string of the molecule is COc1ccc(N2C[C@@H](C(=O)N3CCCC[C@@H]3C)CC2=O)c(OC)c1.